The van der Waals surface area contributed by atoms with Gasteiger partial charge in [0.25, 0.3) is 0 Å². The number of amides is 2. The summed E-state index contributed by atoms with van der Waals surface area (Å²) in [5.41, 5.74) is 1.85. The summed E-state index contributed by atoms with van der Waals surface area (Å²) >= 11 is 0. The number of hydrogen-bond donors (Lipinski definition) is 2. The third kappa shape index (κ3) is 3.75. The number of nitrogens with zero attached hydrogens (tertiary/aromatic N) is 2. The molecule has 0 atom stereocenters. The number of oxazole rings is 1. The molecule has 7 nitrogen and oxygen atoms in total. The van der Waals surface area contributed by atoms with Crippen LogP contribution in [0.3, 0.4) is 0 Å². The first kappa shape index (κ1) is 17.3. The van der Waals surface area contributed by atoms with Crippen LogP contribution in [-0.4, -0.2) is 40.1 Å². The number of benzene rings is 1. The van der Waals surface area contributed by atoms with Gasteiger partial charge in [-0.1, -0.05) is 20.8 Å². The molecule has 0 bridgehead atoms. The Bertz CT molecular complexity index is 798. The molecule has 2 heterocycles. The molecule has 2 N–H and O–H groups in total. The molecule has 3 rings (SSSR count). The second-order valence-corrected chi connectivity index (χ2v) is 7.48. The first-order valence-corrected chi connectivity index (χ1v) is 8.44. The topological polar surface area (TPSA) is 95.7 Å². The second kappa shape index (κ2) is 6.38. The standard InChI is InChI=1S/C18H23N3O4/c1-18(2,3)16-20-13-10-12(4-5-14(13)25-16)19-17(24)21-8-6-11(7-9-21)15(22)23/h4-5,10-11H,6-9H2,1-3H3,(H,19,24)(H,22,23). The molecule has 0 aliphatic carbocycles. The maximum absolute atomic E-state index is 12.4. The van der Waals surface area contributed by atoms with Gasteiger partial charge in [-0.15, -0.1) is 0 Å². The number of carboxylic acid groups (broad SMARTS) is 1. The van der Waals surface area contributed by atoms with Crippen LogP contribution < -0.4 is 5.32 Å². The zero-order chi connectivity index (χ0) is 18.2. The lowest BCUT2D eigenvalue weighted by molar-refractivity contribution is -0.143. The summed E-state index contributed by atoms with van der Waals surface area (Å²) in [7, 11) is 0. The van der Waals surface area contributed by atoms with Gasteiger partial charge in [-0.25, -0.2) is 9.78 Å². The van der Waals surface area contributed by atoms with Crippen molar-refractivity contribution in [2.24, 2.45) is 5.92 Å². The summed E-state index contributed by atoms with van der Waals surface area (Å²) < 4.78 is 5.75. The Balaban J connectivity index is 1.68. The molecule has 1 fully saturated rings. The number of carboxylic acids is 1. The minimum atomic E-state index is -0.786. The second-order valence-electron chi connectivity index (χ2n) is 7.48. The lowest BCUT2D eigenvalue weighted by atomic mass is 9.97. The summed E-state index contributed by atoms with van der Waals surface area (Å²) in [6.07, 6.45) is 0.972. The van der Waals surface area contributed by atoms with Gasteiger partial charge in [0.2, 0.25) is 5.89 Å². The van der Waals surface area contributed by atoms with Crippen LogP contribution in [0.5, 0.6) is 0 Å². The fraction of sp³-hybridized carbons (Fsp3) is 0.500. The quantitative estimate of drug-likeness (QED) is 0.869. The van der Waals surface area contributed by atoms with Crippen molar-refractivity contribution in [1.29, 1.82) is 0 Å². The predicted molar refractivity (Wildman–Crippen MR) is 93.7 cm³/mol. The summed E-state index contributed by atoms with van der Waals surface area (Å²) in [5, 5.41) is 11.9. The van der Waals surface area contributed by atoms with Gasteiger partial charge in [0, 0.05) is 24.2 Å². The number of aromatic nitrogens is 1. The molecule has 2 amide bonds. The van der Waals surface area contributed by atoms with Crippen LogP contribution in [0, 0.1) is 5.92 Å². The largest absolute Gasteiger partial charge is 0.481 e. The first-order chi connectivity index (χ1) is 11.7. The van der Waals surface area contributed by atoms with E-state index in [1.165, 1.54) is 0 Å². The Morgan fingerprint density at radius 1 is 1.28 bits per heavy atom. The monoisotopic (exact) mass is 345 g/mol. The van der Waals surface area contributed by atoms with E-state index in [4.69, 9.17) is 9.52 Å². The van der Waals surface area contributed by atoms with E-state index in [0.717, 1.165) is 0 Å². The van der Waals surface area contributed by atoms with Gasteiger partial charge >= 0.3 is 12.0 Å². The number of likely N-dealkylation sites (tertiary alicyclic amines) is 1. The fourth-order valence-corrected chi connectivity index (χ4v) is 2.86. The van der Waals surface area contributed by atoms with E-state index >= 15 is 0 Å². The number of piperidine rings is 1. The van der Waals surface area contributed by atoms with Gasteiger partial charge in [-0.3, -0.25) is 4.79 Å². The van der Waals surface area contributed by atoms with Crippen LogP contribution in [-0.2, 0) is 10.2 Å². The van der Waals surface area contributed by atoms with E-state index in [9.17, 15) is 9.59 Å². The van der Waals surface area contributed by atoms with Crippen molar-refractivity contribution in [1.82, 2.24) is 9.88 Å². The predicted octanol–water partition coefficient (Wildman–Crippen LogP) is 3.45. The molecule has 1 aliphatic heterocycles. The lowest BCUT2D eigenvalue weighted by Gasteiger charge is -2.30. The van der Waals surface area contributed by atoms with Gasteiger partial charge in [-0.05, 0) is 31.0 Å². The third-order valence-electron chi connectivity index (χ3n) is 4.41. The molecule has 0 radical (unpaired) electrons. The summed E-state index contributed by atoms with van der Waals surface area (Å²) in [6, 6.07) is 5.14. The van der Waals surface area contributed by atoms with Crippen molar-refractivity contribution in [3.63, 3.8) is 0 Å². The summed E-state index contributed by atoms with van der Waals surface area (Å²) in [4.78, 5) is 29.5. The molecule has 1 saturated heterocycles. The van der Waals surface area contributed by atoms with Crippen molar-refractivity contribution in [3.8, 4) is 0 Å². The number of rotatable bonds is 2. The Kier molecular flexibility index (Phi) is 4.41. The van der Waals surface area contributed by atoms with Crippen molar-refractivity contribution in [2.45, 2.75) is 39.0 Å². The maximum atomic E-state index is 12.4. The maximum Gasteiger partial charge on any atom is 0.321 e. The Morgan fingerprint density at radius 2 is 1.96 bits per heavy atom. The highest BCUT2D eigenvalue weighted by atomic mass is 16.4. The van der Waals surface area contributed by atoms with Gasteiger partial charge in [0.15, 0.2) is 5.58 Å². The molecule has 2 aromatic rings. The molecular formula is C18H23N3O4. The fourth-order valence-electron chi connectivity index (χ4n) is 2.86. The molecular weight excluding hydrogens is 322 g/mol. The smallest absolute Gasteiger partial charge is 0.321 e. The van der Waals surface area contributed by atoms with E-state index in [0.29, 0.717) is 48.6 Å². The Morgan fingerprint density at radius 3 is 2.56 bits per heavy atom. The number of urea groups is 1. The molecule has 134 valence electrons. The number of hydrogen-bond acceptors (Lipinski definition) is 4. The van der Waals surface area contributed by atoms with Crippen LogP contribution in [0.1, 0.15) is 39.5 Å². The van der Waals surface area contributed by atoms with Gasteiger partial charge in [-0.2, -0.15) is 0 Å². The minimum Gasteiger partial charge on any atom is -0.481 e. The number of carbonyl (C=O) groups is 2. The van der Waals surface area contributed by atoms with Crippen LogP contribution in [0.25, 0.3) is 11.1 Å². The van der Waals surface area contributed by atoms with E-state index in [-0.39, 0.29) is 17.4 Å². The zero-order valence-electron chi connectivity index (χ0n) is 14.7. The molecule has 0 unspecified atom stereocenters. The van der Waals surface area contributed by atoms with E-state index in [1.807, 2.05) is 20.8 Å². The van der Waals surface area contributed by atoms with Crippen LogP contribution in [0.2, 0.25) is 0 Å². The lowest BCUT2D eigenvalue weighted by Crippen LogP contribution is -2.42. The molecule has 0 saturated carbocycles. The number of fused-ring (bicyclic) bond motifs is 1. The van der Waals surface area contributed by atoms with Crippen LogP contribution >= 0.6 is 0 Å². The van der Waals surface area contributed by atoms with Gasteiger partial charge < -0.3 is 19.7 Å². The third-order valence-corrected chi connectivity index (χ3v) is 4.41. The normalized spacial score (nSPS) is 16.2. The zero-order valence-corrected chi connectivity index (χ0v) is 14.7. The van der Waals surface area contributed by atoms with Crippen LogP contribution in [0.4, 0.5) is 10.5 Å². The van der Waals surface area contributed by atoms with E-state index in [1.54, 1.807) is 23.1 Å². The minimum absolute atomic E-state index is 0.184. The highest BCUT2D eigenvalue weighted by molar-refractivity contribution is 5.91. The number of nitrogens with one attached hydrogen (secondary N) is 1. The average molecular weight is 345 g/mol. The number of anilines is 1. The van der Waals surface area contributed by atoms with Crippen molar-refractivity contribution < 1.29 is 19.1 Å². The molecule has 1 aromatic heterocycles. The molecule has 7 heteroatoms. The van der Waals surface area contributed by atoms with E-state index in [2.05, 4.69) is 10.3 Å². The van der Waals surface area contributed by atoms with Crippen LogP contribution in [0.15, 0.2) is 22.6 Å². The molecule has 1 aromatic carbocycles. The van der Waals surface area contributed by atoms with Gasteiger partial charge in [0.1, 0.15) is 5.52 Å². The number of carbonyl (C=O) groups excluding carboxylic acids is 1. The van der Waals surface area contributed by atoms with Gasteiger partial charge in [0.05, 0.1) is 5.92 Å². The van der Waals surface area contributed by atoms with E-state index < -0.39 is 5.97 Å². The Hall–Kier alpha value is -2.57. The summed E-state index contributed by atoms with van der Waals surface area (Å²) in [6.45, 7) is 6.98. The molecule has 1 aliphatic rings. The number of aliphatic carboxylic acids is 1. The van der Waals surface area contributed by atoms with Crippen molar-refractivity contribution in [2.75, 3.05) is 18.4 Å². The highest BCUT2D eigenvalue weighted by Gasteiger charge is 2.27. The SMILES string of the molecule is CC(C)(C)c1nc2cc(NC(=O)N3CCC(C(=O)O)CC3)ccc2o1. The molecule has 25 heavy (non-hydrogen) atoms. The Labute approximate surface area is 146 Å². The first-order valence-electron chi connectivity index (χ1n) is 8.44. The summed E-state index contributed by atoms with van der Waals surface area (Å²) in [5.74, 6) is -0.487. The average Bonchev–Trinajstić information content (AvgIpc) is 2.98. The van der Waals surface area contributed by atoms with Crippen molar-refractivity contribution in [3.05, 3.63) is 24.1 Å². The van der Waals surface area contributed by atoms with Crippen molar-refractivity contribution >= 4 is 28.8 Å². The highest BCUT2D eigenvalue weighted by Crippen LogP contribution is 2.27. The molecule has 0 spiro atoms.